The number of Topliss-reactive ketones (excluding diaryl/α,β-unsaturated/α-hetero) is 1. The topological polar surface area (TPSA) is 85.6 Å². The van der Waals surface area contributed by atoms with E-state index in [9.17, 15) is 14.4 Å². The first-order valence-corrected chi connectivity index (χ1v) is 7.89. The Labute approximate surface area is 143 Å². The Balaban J connectivity index is 1.64. The first-order valence-electron chi connectivity index (χ1n) is 7.89. The molecule has 0 bridgehead atoms. The lowest BCUT2D eigenvalue weighted by molar-refractivity contribution is -0.148. The number of carbonyl (C=O) groups excluding carboxylic acids is 3. The van der Waals surface area contributed by atoms with Crippen molar-refractivity contribution in [2.24, 2.45) is 0 Å². The molecule has 6 heteroatoms. The highest BCUT2D eigenvalue weighted by atomic mass is 16.5. The molecule has 0 atom stereocenters. The van der Waals surface area contributed by atoms with Gasteiger partial charge in [0.15, 0.2) is 6.61 Å². The average Bonchev–Trinajstić information content (AvgIpc) is 2.96. The van der Waals surface area contributed by atoms with Crippen molar-refractivity contribution >= 4 is 45.3 Å². The van der Waals surface area contributed by atoms with Gasteiger partial charge < -0.3 is 19.3 Å². The highest BCUT2D eigenvalue weighted by Crippen LogP contribution is 2.30. The molecule has 0 radical (unpaired) electrons. The third-order valence-corrected chi connectivity index (χ3v) is 3.71. The monoisotopic (exact) mass is 339 g/mol. The largest absolute Gasteiger partial charge is 0.456 e. The van der Waals surface area contributed by atoms with Crippen molar-refractivity contribution in [2.45, 2.75) is 19.8 Å². The first kappa shape index (κ1) is 16.7. The van der Waals surface area contributed by atoms with Gasteiger partial charge in [0.05, 0.1) is 6.42 Å². The summed E-state index contributed by atoms with van der Waals surface area (Å²) in [4.78, 5) is 34.1. The van der Waals surface area contributed by atoms with Crippen LogP contribution >= 0.6 is 0 Å². The highest BCUT2D eigenvalue weighted by Gasteiger charge is 2.11. The number of fused-ring (bicyclic) bond motifs is 3. The van der Waals surface area contributed by atoms with Crippen LogP contribution in [0.15, 0.2) is 46.9 Å². The quantitative estimate of drug-likeness (QED) is 0.695. The molecule has 6 nitrogen and oxygen atoms in total. The van der Waals surface area contributed by atoms with Crippen molar-refractivity contribution < 1.29 is 23.5 Å². The summed E-state index contributed by atoms with van der Waals surface area (Å²) in [6, 6.07) is 13.0. The van der Waals surface area contributed by atoms with E-state index in [2.05, 4.69) is 5.32 Å². The van der Waals surface area contributed by atoms with E-state index in [-0.39, 0.29) is 25.2 Å². The molecule has 128 valence electrons. The van der Waals surface area contributed by atoms with Crippen molar-refractivity contribution in [2.75, 3.05) is 11.9 Å². The van der Waals surface area contributed by atoms with Crippen LogP contribution in [0.3, 0.4) is 0 Å². The number of para-hydroxylation sites is 1. The molecule has 1 aromatic heterocycles. The lowest BCUT2D eigenvalue weighted by Crippen LogP contribution is -2.21. The van der Waals surface area contributed by atoms with Gasteiger partial charge in [-0.3, -0.25) is 9.59 Å². The van der Waals surface area contributed by atoms with Crippen molar-refractivity contribution in [3.05, 3.63) is 42.5 Å². The Hall–Kier alpha value is -3.15. The van der Waals surface area contributed by atoms with E-state index >= 15 is 0 Å². The minimum Gasteiger partial charge on any atom is -0.456 e. The number of esters is 1. The molecule has 25 heavy (non-hydrogen) atoms. The number of amides is 1. The third kappa shape index (κ3) is 4.03. The molecule has 3 aromatic rings. The van der Waals surface area contributed by atoms with Crippen molar-refractivity contribution in [1.82, 2.24) is 0 Å². The van der Waals surface area contributed by atoms with E-state index in [1.54, 1.807) is 12.1 Å². The normalized spacial score (nSPS) is 10.8. The van der Waals surface area contributed by atoms with Gasteiger partial charge in [0.1, 0.15) is 16.9 Å². The number of benzene rings is 2. The van der Waals surface area contributed by atoms with Crippen LogP contribution in [0.5, 0.6) is 0 Å². The Morgan fingerprint density at radius 2 is 1.76 bits per heavy atom. The summed E-state index contributed by atoms with van der Waals surface area (Å²) >= 11 is 0. The van der Waals surface area contributed by atoms with Crippen LogP contribution in [-0.2, 0) is 19.1 Å². The van der Waals surface area contributed by atoms with Crippen LogP contribution in [0.4, 0.5) is 5.69 Å². The van der Waals surface area contributed by atoms with Gasteiger partial charge >= 0.3 is 5.97 Å². The smallest absolute Gasteiger partial charge is 0.306 e. The van der Waals surface area contributed by atoms with Gasteiger partial charge in [-0.2, -0.15) is 0 Å². The van der Waals surface area contributed by atoms with E-state index in [0.717, 1.165) is 21.9 Å². The predicted molar refractivity (Wildman–Crippen MR) is 93.2 cm³/mol. The highest BCUT2D eigenvalue weighted by molar-refractivity contribution is 6.07. The van der Waals surface area contributed by atoms with Gasteiger partial charge in [-0.15, -0.1) is 0 Å². The Bertz CT molecular complexity index is 957. The number of ether oxygens (including phenoxy) is 1. The zero-order valence-corrected chi connectivity index (χ0v) is 13.7. The van der Waals surface area contributed by atoms with Crippen LogP contribution in [-0.4, -0.2) is 24.3 Å². The lowest BCUT2D eigenvalue weighted by Gasteiger charge is -2.06. The number of hydrogen-bond donors (Lipinski definition) is 1. The molecule has 1 heterocycles. The van der Waals surface area contributed by atoms with Gasteiger partial charge in [-0.1, -0.05) is 18.2 Å². The minimum atomic E-state index is -0.568. The number of anilines is 1. The Morgan fingerprint density at radius 3 is 2.56 bits per heavy atom. The van der Waals surface area contributed by atoms with E-state index < -0.39 is 11.9 Å². The average molecular weight is 339 g/mol. The fourth-order valence-corrected chi connectivity index (χ4v) is 2.50. The SMILES string of the molecule is CC(=O)CCC(=O)OCC(=O)Nc1ccc2oc3ccccc3c2c1. The third-order valence-electron chi connectivity index (χ3n) is 3.71. The summed E-state index contributed by atoms with van der Waals surface area (Å²) in [7, 11) is 0. The maximum atomic E-state index is 11.9. The second-order valence-electron chi connectivity index (χ2n) is 5.72. The van der Waals surface area contributed by atoms with Crippen LogP contribution in [0, 0.1) is 0 Å². The summed E-state index contributed by atoms with van der Waals surface area (Å²) in [5, 5.41) is 4.54. The Morgan fingerprint density at radius 1 is 1.00 bits per heavy atom. The minimum absolute atomic E-state index is 0.0183. The van der Waals surface area contributed by atoms with Crippen molar-refractivity contribution in [3.8, 4) is 0 Å². The number of nitrogens with one attached hydrogen (secondary N) is 1. The molecule has 0 aliphatic rings. The second-order valence-corrected chi connectivity index (χ2v) is 5.72. The number of rotatable bonds is 6. The predicted octanol–water partition coefficient (Wildman–Crippen LogP) is 3.44. The number of hydrogen-bond acceptors (Lipinski definition) is 5. The summed E-state index contributed by atoms with van der Waals surface area (Å²) in [5.74, 6) is -1.10. The molecule has 1 amide bonds. The van der Waals surface area contributed by atoms with E-state index in [1.165, 1.54) is 6.92 Å². The van der Waals surface area contributed by atoms with E-state index in [1.807, 2.05) is 30.3 Å². The number of furan rings is 1. The molecule has 0 unspecified atom stereocenters. The van der Waals surface area contributed by atoms with Crippen LogP contribution in [0.1, 0.15) is 19.8 Å². The maximum absolute atomic E-state index is 11.9. The van der Waals surface area contributed by atoms with Gasteiger partial charge in [-0.25, -0.2) is 0 Å². The van der Waals surface area contributed by atoms with Gasteiger partial charge in [-0.05, 0) is 31.2 Å². The molecule has 3 rings (SSSR count). The zero-order chi connectivity index (χ0) is 17.8. The Kier molecular flexibility index (Phi) is 4.79. The summed E-state index contributed by atoms with van der Waals surface area (Å²) in [6.07, 6.45) is 0.0975. The first-order chi connectivity index (χ1) is 12.0. The fourth-order valence-electron chi connectivity index (χ4n) is 2.50. The summed E-state index contributed by atoms with van der Waals surface area (Å²) in [5.41, 5.74) is 2.10. The molecule has 0 saturated carbocycles. The molecule has 0 aliphatic carbocycles. The molecular weight excluding hydrogens is 322 g/mol. The van der Waals surface area contributed by atoms with Crippen LogP contribution in [0.2, 0.25) is 0 Å². The van der Waals surface area contributed by atoms with Crippen molar-refractivity contribution in [1.29, 1.82) is 0 Å². The molecule has 0 aliphatic heterocycles. The lowest BCUT2D eigenvalue weighted by atomic mass is 10.1. The standard InChI is InChI=1S/C19H17NO5/c1-12(21)6-9-19(23)24-11-18(22)20-13-7-8-17-15(10-13)14-4-2-3-5-16(14)25-17/h2-5,7-8,10H,6,9,11H2,1H3,(H,20,22). The van der Waals surface area contributed by atoms with Crippen LogP contribution < -0.4 is 5.32 Å². The molecule has 0 saturated heterocycles. The summed E-state index contributed by atoms with van der Waals surface area (Å²) in [6.45, 7) is 1.01. The molecule has 1 N–H and O–H groups in total. The van der Waals surface area contributed by atoms with Crippen molar-refractivity contribution in [3.63, 3.8) is 0 Å². The van der Waals surface area contributed by atoms with Gasteiger partial charge in [0, 0.05) is 22.9 Å². The van der Waals surface area contributed by atoms with E-state index in [4.69, 9.17) is 9.15 Å². The van der Waals surface area contributed by atoms with Crippen LogP contribution in [0.25, 0.3) is 21.9 Å². The molecule has 2 aromatic carbocycles. The number of carbonyl (C=O) groups is 3. The zero-order valence-electron chi connectivity index (χ0n) is 13.7. The van der Waals surface area contributed by atoms with Gasteiger partial charge in [0.2, 0.25) is 0 Å². The molecule has 0 fully saturated rings. The van der Waals surface area contributed by atoms with E-state index in [0.29, 0.717) is 5.69 Å². The summed E-state index contributed by atoms with van der Waals surface area (Å²) < 4.78 is 10.6. The molecular formula is C19H17NO5. The fraction of sp³-hybridized carbons (Fsp3) is 0.211. The maximum Gasteiger partial charge on any atom is 0.306 e. The molecule has 0 spiro atoms. The number of ketones is 1. The van der Waals surface area contributed by atoms with Gasteiger partial charge in [0.25, 0.3) is 5.91 Å². The second kappa shape index (κ2) is 7.17.